The molecule has 2 aromatic carbocycles. The molecule has 0 saturated heterocycles. The minimum Gasteiger partial charge on any atom is -0.482 e. The maximum atomic E-state index is 12.5. The lowest BCUT2D eigenvalue weighted by molar-refractivity contribution is -0.123. The third-order valence-corrected chi connectivity index (χ3v) is 4.30. The van der Waals surface area contributed by atoms with Gasteiger partial charge in [-0.25, -0.2) is 0 Å². The van der Waals surface area contributed by atoms with Crippen molar-refractivity contribution in [3.05, 3.63) is 52.6 Å². The highest BCUT2D eigenvalue weighted by Crippen LogP contribution is 2.32. The SMILES string of the molecule is Cc1cc(C)c(NC(=O)CN2C(=O)COc3cc(C)ccc32)c(C)c1. The Kier molecular flexibility index (Phi) is 4.49. The van der Waals surface area contributed by atoms with Gasteiger partial charge in [0.1, 0.15) is 12.3 Å². The maximum absolute atomic E-state index is 12.5. The Morgan fingerprint density at radius 1 is 1.08 bits per heavy atom. The van der Waals surface area contributed by atoms with Gasteiger partial charge in [0.05, 0.1) is 5.69 Å². The van der Waals surface area contributed by atoms with Crippen molar-refractivity contribution in [3.63, 3.8) is 0 Å². The van der Waals surface area contributed by atoms with Crippen molar-refractivity contribution in [1.82, 2.24) is 0 Å². The van der Waals surface area contributed by atoms with Crippen molar-refractivity contribution in [3.8, 4) is 5.75 Å². The van der Waals surface area contributed by atoms with E-state index in [9.17, 15) is 9.59 Å². The molecule has 0 bridgehead atoms. The summed E-state index contributed by atoms with van der Waals surface area (Å²) in [5.41, 5.74) is 5.66. The second-order valence-electron chi connectivity index (χ2n) is 6.56. The summed E-state index contributed by atoms with van der Waals surface area (Å²) in [6.45, 7) is 7.83. The molecule has 1 N–H and O–H groups in total. The van der Waals surface area contributed by atoms with Crippen molar-refractivity contribution in [2.24, 2.45) is 0 Å². The molecular weight excluding hydrogens is 316 g/mol. The summed E-state index contributed by atoms with van der Waals surface area (Å²) in [7, 11) is 0. The predicted octanol–water partition coefficient (Wildman–Crippen LogP) is 3.28. The van der Waals surface area contributed by atoms with Crippen molar-refractivity contribution in [1.29, 1.82) is 0 Å². The summed E-state index contributed by atoms with van der Waals surface area (Å²) in [6, 6.07) is 9.65. The average Bonchev–Trinajstić information content (AvgIpc) is 2.53. The van der Waals surface area contributed by atoms with Crippen molar-refractivity contribution >= 4 is 23.2 Å². The van der Waals surface area contributed by atoms with Crippen LogP contribution in [-0.2, 0) is 9.59 Å². The summed E-state index contributed by atoms with van der Waals surface area (Å²) >= 11 is 0. The van der Waals surface area contributed by atoms with Gasteiger partial charge in [-0.2, -0.15) is 0 Å². The van der Waals surface area contributed by atoms with Gasteiger partial charge in [0.15, 0.2) is 6.61 Å². The number of hydrogen-bond donors (Lipinski definition) is 1. The molecule has 1 heterocycles. The number of nitrogens with one attached hydrogen (secondary N) is 1. The summed E-state index contributed by atoms with van der Waals surface area (Å²) in [6.07, 6.45) is 0. The van der Waals surface area contributed by atoms with Crippen LogP contribution in [0, 0.1) is 27.7 Å². The number of rotatable bonds is 3. The number of benzene rings is 2. The molecule has 3 rings (SSSR count). The van der Waals surface area contributed by atoms with E-state index in [0.717, 1.165) is 27.9 Å². The van der Waals surface area contributed by atoms with Crippen molar-refractivity contribution in [2.45, 2.75) is 27.7 Å². The number of amides is 2. The van der Waals surface area contributed by atoms with Crippen LogP contribution in [0.15, 0.2) is 30.3 Å². The predicted molar refractivity (Wildman–Crippen MR) is 98.3 cm³/mol. The molecule has 130 valence electrons. The van der Waals surface area contributed by atoms with Crippen LogP contribution in [-0.4, -0.2) is 25.0 Å². The van der Waals surface area contributed by atoms with Crippen LogP contribution in [0.1, 0.15) is 22.3 Å². The fourth-order valence-electron chi connectivity index (χ4n) is 3.18. The quantitative estimate of drug-likeness (QED) is 0.934. The topological polar surface area (TPSA) is 58.6 Å². The zero-order chi connectivity index (χ0) is 18.1. The number of aryl methyl sites for hydroxylation is 4. The molecule has 5 heteroatoms. The van der Waals surface area contributed by atoms with E-state index in [0.29, 0.717) is 11.4 Å². The minimum atomic E-state index is -0.225. The lowest BCUT2D eigenvalue weighted by Gasteiger charge is -2.29. The van der Waals surface area contributed by atoms with Gasteiger partial charge >= 0.3 is 0 Å². The molecule has 0 fully saturated rings. The molecule has 2 amide bonds. The van der Waals surface area contributed by atoms with Crippen LogP contribution >= 0.6 is 0 Å². The van der Waals surface area contributed by atoms with E-state index in [2.05, 4.69) is 5.32 Å². The molecular formula is C20H22N2O3. The van der Waals surface area contributed by atoms with Gasteiger partial charge in [0.2, 0.25) is 5.91 Å². The van der Waals surface area contributed by atoms with Crippen LogP contribution in [0.3, 0.4) is 0 Å². The number of fused-ring (bicyclic) bond motifs is 1. The Balaban J connectivity index is 1.81. The second-order valence-corrected chi connectivity index (χ2v) is 6.56. The van der Waals surface area contributed by atoms with Crippen LogP contribution in [0.5, 0.6) is 5.75 Å². The highest BCUT2D eigenvalue weighted by atomic mass is 16.5. The third-order valence-electron chi connectivity index (χ3n) is 4.30. The molecule has 0 radical (unpaired) electrons. The molecule has 0 spiro atoms. The third kappa shape index (κ3) is 3.50. The number of anilines is 2. The summed E-state index contributed by atoms with van der Waals surface area (Å²) in [5, 5.41) is 2.94. The Morgan fingerprint density at radius 3 is 2.44 bits per heavy atom. The van der Waals surface area contributed by atoms with Gasteiger partial charge < -0.3 is 10.1 Å². The fraction of sp³-hybridized carbons (Fsp3) is 0.300. The first-order chi connectivity index (χ1) is 11.8. The van der Waals surface area contributed by atoms with Gasteiger partial charge in [0.25, 0.3) is 5.91 Å². The molecule has 0 unspecified atom stereocenters. The lowest BCUT2D eigenvalue weighted by Crippen LogP contribution is -2.43. The molecule has 0 saturated carbocycles. The van der Waals surface area contributed by atoms with E-state index in [4.69, 9.17) is 4.74 Å². The largest absolute Gasteiger partial charge is 0.482 e. The summed E-state index contributed by atoms with van der Waals surface area (Å²) < 4.78 is 5.48. The van der Waals surface area contributed by atoms with Crippen molar-refractivity contribution < 1.29 is 14.3 Å². The average molecular weight is 338 g/mol. The number of ether oxygens (including phenoxy) is 1. The molecule has 0 aliphatic carbocycles. The van der Waals surface area contributed by atoms with Gasteiger partial charge in [-0.05, 0) is 56.5 Å². The second kappa shape index (κ2) is 6.59. The smallest absolute Gasteiger partial charge is 0.265 e. The Labute approximate surface area is 147 Å². The zero-order valence-corrected chi connectivity index (χ0v) is 15.0. The van der Waals surface area contributed by atoms with Crippen LogP contribution in [0.2, 0.25) is 0 Å². The highest BCUT2D eigenvalue weighted by molar-refractivity contribution is 6.05. The zero-order valence-electron chi connectivity index (χ0n) is 15.0. The Bertz CT molecular complexity index is 835. The molecule has 25 heavy (non-hydrogen) atoms. The van der Waals surface area contributed by atoms with E-state index in [-0.39, 0.29) is 25.0 Å². The van der Waals surface area contributed by atoms with E-state index < -0.39 is 0 Å². The standard InChI is InChI=1S/C20H22N2O3/c1-12-5-6-16-17(9-12)25-11-19(24)22(16)10-18(23)21-20-14(3)7-13(2)8-15(20)4/h5-9H,10-11H2,1-4H3,(H,21,23). The minimum absolute atomic E-state index is 0.0367. The number of carbonyl (C=O) groups is 2. The van der Waals surface area contributed by atoms with E-state index in [1.54, 1.807) is 0 Å². The molecule has 0 aromatic heterocycles. The Morgan fingerprint density at radius 2 is 1.76 bits per heavy atom. The van der Waals surface area contributed by atoms with Crippen LogP contribution < -0.4 is 15.0 Å². The van der Waals surface area contributed by atoms with Crippen LogP contribution in [0.25, 0.3) is 0 Å². The first-order valence-electron chi connectivity index (χ1n) is 8.26. The summed E-state index contributed by atoms with van der Waals surface area (Å²) in [4.78, 5) is 26.3. The number of nitrogens with zero attached hydrogens (tertiary/aromatic N) is 1. The van der Waals surface area contributed by atoms with E-state index >= 15 is 0 Å². The number of hydrogen-bond acceptors (Lipinski definition) is 3. The highest BCUT2D eigenvalue weighted by Gasteiger charge is 2.27. The normalized spacial score (nSPS) is 13.3. The van der Waals surface area contributed by atoms with Gasteiger partial charge in [0, 0.05) is 5.69 Å². The molecule has 0 atom stereocenters. The summed E-state index contributed by atoms with van der Waals surface area (Å²) in [5.74, 6) is 0.191. The van der Waals surface area contributed by atoms with Gasteiger partial charge in [-0.15, -0.1) is 0 Å². The van der Waals surface area contributed by atoms with Crippen molar-refractivity contribution in [2.75, 3.05) is 23.4 Å². The molecule has 5 nitrogen and oxygen atoms in total. The first-order valence-corrected chi connectivity index (χ1v) is 8.26. The number of carbonyl (C=O) groups excluding carboxylic acids is 2. The fourth-order valence-corrected chi connectivity index (χ4v) is 3.18. The first kappa shape index (κ1) is 17.0. The van der Waals surface area contributed by atoms with Crippen LogP contribution in [0.4, 0.5) is 11.4 Å². The Hall–Kier alpha value is -2.82. The molecule has 1 aliphatic heterocycles. The molecule has 1 aliphatic rings. The lowest BCUT2D eigenvalue weighted by atomic mass is 10.1. The monoisotopic (exact) mass is 338 g/mol. The van der Waals surface area contributed by atoms with E-state index in [1.807, 2.05) is 58.0 Å². The van der Waals surface area contributed by atoms with Gasteiger partial charge in [-0.3, -0.25) is 14.5 Å². The van der Waals surface area contributed by atoms with Gasteiger partial charge in [-0.1, -0.05) is 23.8 Å². The molecule has 2 aromatic rings. The maximum Gasteiger partial charge on any atom is 0.265 e. The van der Waals surface area contributed by atoms with E-state index in [1.165, 1.54) is 4.90 Å².